The molecule has 7 nitrogen and oxygen atoms in total. The second-order valence-corrected chi connectivity index (χ2v) is 9.60. The average molecular weight is 473 g/mol. The standard InChI is InChI=1S/C28H32N4O3/c1-19-16-20(2)30-27-26(19)23(18-29)24(32(27)13-15-34-22-8-6-5-7-9-22)10-11-25(33)31-21-12-14-35-28(3,4)17-21/h5-11,16,21H,12-15,17H2,1-4H3,(H,31,33). The normalized spacial score (nSPS) is 17.4. The van der Waals surface area contributed by atoms with Crippen molar-refractivity contribution in [2.75, 3.05) is 13.2 Å². The van der Waals surface area contributed by atoms with Crippen molar-refractivity contribution in [2.24, 2.45) is 0 Å². The zero-order chi connectivity index (χ0) is 25.0. The number of hydrogen-bond acceptors (Lipinski definition) is 5. The number of carbonyl (C=O) groups is 1. The molecule has 7 heteroatoms. The van der Waals surface area contributed by atoms with Crippen LogP contribution in [0.3, 0.4) is 0 Å². The lowest BCUT2D eigenvalue weighted by Crippen LogP contribution is -2.45. The fourth-order valence-corrected chi connectivity index (χ4v) is 4.74. The van der Waals surface area contributed by atoms with Crippen molar-refractivity contribution in [1.29, 1.82) is 5.26 Å². The van der Waals surface area contributed by atoms with E-state index in [9.17, 15) is 10.1 Å². The van der Waals surface area contributed by atoms with Gasteiger partial charge in [-0.25, -0.2) is 4.98 Å². The molecule has 3 heterocycles. The highest BCUT2D eigenvalue weighted by molar-refractivity contribution is 5.95. The Kier molecular flexibility index (Phi) is 7.23. The topological polar surface area (TPSA) is 89.2 Å². The molecule has 1 atom stereocenters. The van der Waals surface area contributed by atoms with Crippen molar-refractivity contribution in [3.05, 3.63) is 65.0 Å². The van der Waals surface area contributed by atoms with Gasteiger partial charge in [0.2, 0.25) is 5.91 Å². The van der Waals surface area contributed by atoms with E-state index >= 15 is 0 Å². The van der Waals surface area contributed by atoms with Crippen LogP contribution >= 0.6 is 0 Å². The number of nitrogens with zero attached hydrogens (tertiary/aromatic N) is 3. The van der Waals surface area contributed by atoms with Gasteiger partial charge < -0.3 is 19.4 Å². The third-order valence-electron chi connectivity index (χ3n) is 6.25. The first-order chi connectivity index (χ1) is 16.8. The number of hydrogen-bond donors (Lipinski definition) is 1. The van der Waals surface area contributed by atoms with Crippen molar-refractivity contribution in [2.45, 2.75) is 58.7 Å². The Hall–Kier alpha value is -3.63. The molecule has 1 unspecified atom stereocenters. The van der Waals surface area contributed by atoms with E-state index in [0.717, 1.165) is 40.9 Å². The lowest BCUT2D eigenvalue weighted by molar-refractivity contribution is -0.119. The fraction of sp³-hybridized carbons (Fsp3) is 0.393. The minimum Gasteiger partial charge on any atom is -0.492 e. The van der Waals surface area contributed by atoms with Crippen LogP contribution in [0.2, 0.25) is 0 Å². The van der Waals surface area contributed by atoms with Gasteiger partial charge in [0.05, 0.1) is 23.4 Å². The Labute approximate surface area is 206 Å². The molecule has 1 N–H and O–H groups in total. The van der Waals surface area contributed by atoms with Crippen LogP contribution in [0.15, 0.2) is 42.5 Å². The van der Waals surface area contributed by atoms with Crippen molar-refractivity contribution in [1.82, 2.24) is 14.9 Å². The predicted molar refractivity (Wildman–Crippen MR) is 136 cm³/mol. The molecule has 1 fully saturated rings. The largest absolute Gasteiger partial charge is 0.492 e. The molecule has 0 saturated carbocycles. The summed E-state index contributed by atoms with van der Waals surface area (Å²) in [6, 6.07) is 14.0. The number of pyridine rings is 1. The quantitative estimate of drug-likeness (QED) is 0.504. The van der Waals surface area contributed by atoms with Gasteiger partial charge in [0.15, 0.2) is 0 Å². The van der Waals surface area contributed by atoms with E-state index in [-0.39, 0.29) is 17.6 Å². The summed E-state index contributed by atoms with van der Waals surface area (Å²) in [5.74, 6) is 0.593. The second kappa shape index (κ2) is 10.3. The van der Waals surface area contributed by atoms with Gasteiger partial charge in [-0.1, -0.05) is 18.2 Å². The van der Waals surface area contributed by atoms with E-state index in [2.05, 4.69) is 11.4 Å². The maximum Gasteiger partial charge on any atom is 0.244 e. The zero-order valence-corrected chi connectivity index (χ0v) is 20.8. The van der Waals surface area contributed by atoms with Gasteiger partial charge in [-0.3, -0.25) is 4.79 Å². The summed E-state index contributed by atoms with van der Waals surface area (Å²) in [4.78, 5) is 17.5. The first-order valence-electron chi connectivity index (χ1n) is 12.0. The molecule has 2 aromatic heterocycles. The van der Waals surface area contributed by atoms with Gasteiger partial charge in [0.1, 0.15) is 24.1 Å². The van der Waals surface area contributed by atoms with Gasteiger partial charge in [-0.05, 0) is 70.4 Å². The fourth-order valence-electron chi connectivity index (χ4n) is 4.74. The molecule has 1 aliphatic heterocycles. The van der Waals surface area contributed by atoms with E-state index in [1.54, 1.807) is 6.08 Å². The summed E-state index contributed by atoms with van der Waals surface area (Å²) in [5, 5.41) is 13.9. The SMILES string of the molecule is Cc1cc(C)c2c(C#N)c(C=CC(=O)NC3CCOC(C)(C)C3)n(CCOc3ccccc3)c2n1. The molecule has 0 spiro atoms. The number of rotatable bonds is 7. The number of amides is 1. The minimum atomic E-state index is -0.250. The number of aromatic nitrogens is 2. The van der Waals surface area contributed by atoms with Crippen LogP contribution in [0, 0.1) is 25.2 Å². The van der Waals surface area contributed by atoms with Crippen LogP contribution < -0.4 is 10.1 Å². The van der Waals surface area contributed by atoms with E-state index in [4.69, 9.17) is 14.5 Å². The third-order valence-corrected chi connectivity index (χ3v) is 6.25. The Morgan fingerprint density at radius 1 is 1.34 bits per heavy atom. The second-order valence-electron chi connectivity index (χ2n) is 9.60. The predicted octanol–water partition coefficient (Wildman–Crippen LogP) is 4.69. The highest BCUT2D eigenvalue weighted by Crippen LogP contribution is 2.29. The molecule has 35 heavy (non-hydrogen) atoms. The molecule has 0 bridgehead atoms. The van der Waals surface area contributed by atoms with E-state index < -0.39 is 0 Å². The lowest BCUT2D eigenvalue weighted by Gasteiger charge is -2.35. The van der Waals surface area contributed by atoms with Crippen LogP contribution in [0.5, 0.6) is 5.75 Å². The highest BCUT2D eigenvalue weighted by atomic mass is 16.5. The Morgan fingerprint density at radius 2 is 2.11 bits per heavy atom. The summed E-state index contributed by atoms with van der Waals surface area (Å²) < 4.78 is 13.6. The van der Waals surface area contributed by atoms with Crippen LogP contribution in [-0.2, 0) is 16.1 Å². The molecule has 1 amide bonds. The van der Waals surface area contributed by atoms with Gasteiger partial charge in [0, 0.05) is 29.8 Å². The Balaban J connectivity index is 1.62. The molecule has 3 aromatic rings. The van der Waals surface area contributed by atoms with Gasteiger partial charge in [0.25, 0.3) is 0 Å². The number of fused-ring (bicyclic) bond motifs is 1. The molecule has 4 rings (SSSR count). The molecule has 1 aliphatic rings. The summed E-state index contributed by atoms with van der Waals surface area (Å²) in [5.41, 5.74) is 3.50. The van der Waals surface area contributed by atoms with E-state index in [1.165, 1.54) is 6.08 Å². The van der Waals surface area contributed by atoms with Crippen LogP contribution in [0.1, 0.15) is 49.2 Å². The zero-order valence-electron chi connectivity index (χ0n) is 20.8. The third kappa shape index (κ3) is 5.72. The van der Waals surface area contributed by atoms with Crippen LogP contribution in [0.25, 0.3) is 17.1 Å². The van der Waals surface area contributed by atoms with Gasteiger partial charge >= 0.3 is 0 Å². The Bertz CT molecular complexity index is 1290. The first-order valence-corrected chi connectivity index (χ1v) is 12.0. The maximum absolute atomic E-state index is 12.8. The molecule has 1 aromatic carbocycles. The van der Waals surface area contributed by atoms with Gasteiger partial charge in [-0.2, -0.15) is 5.26 Å². The maximum atomic E-state index is 12.8. The number of nitrogens with one attached hydrogen (secondary N) is 1. The molecular weight excluding hydrogens is 440 g/mol. The Morgan fingerprint density at radius 3 is 2.83 bits per heavy atom. The first kappa shape index (κ1) is 24.5. The van der Waals surface area contributed by atoms with E-state index in [1.807, 2.05) is 68.7 Å². The summed E-state index contributed by atoms with van der Waals surface area (Å²) in [7, 11) is 0. The monoisotopic (exact) mass is 472 g/mol. The molecule has 1 saturated heterocycles. The smallest absolute Gasteiger partial charge is 0.244 e. The molecule has 0 aliphatic carbocycles. The number of benzene rings is 1. The van der Waals surface area contributed by atoms with E-state index in [0.29, 0.717) is 31.0 Å². The van der Waals surface area contributed by atoms with Crippen molar-refractivity contribution >= 4 is 23.0 Å². The van der Waals surface area contributed by atoms with Gasteiger partial charge in [-0.15, -0.1) is 0 Å². The number of aryl methyl sites for hydroxylation is 2. The number of carbonyl (C=O) groups excluding carboxylic acids is 1. The average Bonchev–Trinajstić information content (AvgIpc) is 3.10. The van der Waals surface area contributed by atoms with Crippen molar-refractivity contribution in [3.8, 4) is 11.8 Å². The summed E-state index contributed by atoms with van der Waals surface area (Å²) in [6.45, 7) is 9.50. The number of nitriles is 1. The molecule has 0 radical (unpaired) electrons. The molecular formula is C28H32N4O3. The van der Waals surface area contributed by atoms with Crippen molar-refractivity contribution in [3.63, 3.8) is 0 Å². The number of ether oxygens (including phenoxy) is 2. The van der Waals surface area contributed by atoms with Crippen LogP contribution in [-0.4, -0.2) is 40.3 Å². The summed E-state index contributed by atoms with van der Waals surface area (Å²) in [6.07, 6.45) is 4.77. The van der Waals surface area contributed by atoms with Crippen LogP contribution in [0.4, 0.5) is 0 Å². The molecule has 182 valence electrons. The lowest BCUT2D eigenvalue weighted by atomic mass is 9.94. The summed E-state index contributed by atoms with van der Waals surface area (Å²) >= 11 is 0. The van der Waals surface area contributed by atoms with Crippen molar-refractivity contribution < 1.29 is 14.3 Å². The minimum absolute atomic E-state index is 0.0584. The number of para-hydroxylation sites is 1. The highest BCUT2D eigenvalue weighted by Gasteiger charge is 2.29.